The van der Waals surface area contributed by atoms with E-state index in [0.717, 1.165) is 12.2 Å². The third kappa shape index (κ3) is 3.85. The number of carbonyl (C=O) groups excluding carboxylic acids is 1. The van der Waals surface area contributed by atoms with Gasteiger partial charge in [-0.25, -0.2) is 0 Å². The number of carbonyl (C=O) groups is 1. The van der Waals surface area contributed by atoms with Crippen molar-refractivity contribution in [1.29, 1.82) is 0 Å². The Morgan fingerprint density at radius 1 is 1.10 bits per heavy atom. The van der Waals surface area contributed by atoms with E-state index >= 15 is 0 Å². The highest BCUT2D eigenvalue weighted by Crippen LogP contribution is 2.16. The smallest absolute Gasteiger partial charge is 0.253 e. The molecule has 0 spiro atoms. The van der Waals surface area contributed by atoms with Crippen molar-refractivity contribution in [3.63, 3.8) is 0 Å². The van der Waals surface area contributed by atoms with Crippen molar-refractivity contribution in [2.45, 2.75) is 20.4 Å². The van der Waals surface area contributed by atoms with Gasteiger partial charge in [-0.3, -0.25) is 4.79 Å². The van der Waals surface area contributed by atoms with Crippen LogP contribution < -0.4 is 5.32 Å². The molecule has 0 saturated heterocycles. The van der Waals surface area contributed by atoms with Crippen LogP contribution in [0.4, 0.5) is 5.69 Å². The summed E-state index contributed by atoms with van der Waals surface area (Å²) in [6, 6.07) is 14.1. The summed E-state index contributed by atoms with van der Waals surface area (Å²) in [4.78, 5) is 13.6. The zero-order chi connectivity index (χ0) is 15.4. The lowest BCUT2D eigenvalue weighted by Gasteiger charge is -2.13. The van der Waals surface area contributed by atoms with Crippen molar-refractivity contribution in [1.82, 2.24) is 4.90 Å². The summed E-state index contributed by atoms with van der Waals surface area (Å²) >= 11 is 0. The molecule has 0 bridgehead atoms. The summed E-state index contributed by atoms with van der Waals surface area (Å²) in [5.41, 5.74) is 5.47. The molecular formula is C18H22N2O. The van der Waals surface area contributed by atoms with Crippen LogP contribution in [-0.2, 0) is 6.54 Å². The van der Waals surface area contributed by atoms with Crippen molar-refractivity contribution in [2.75, 3.05) is 19.4 Å². The average Bonchev–Trinajstić information content (AvgIpc) is 2.47. The summed E-state index contributed by atoms with van der Waals surface area (Å²) < 4.78 is 0. The van der Waals surface area contributed by atoms with E-state index in [-0.39, 0.29) is 5.91 Å². The minimum Gasteiger partial charge on any atom is -0.381 e. The maximum Gasteiger partial charge on any atom is 0.253 e. The van der Waals surface area contributed by atoms with E-state index in [2.05, 4.69) is 37.4 Å². The Balaban J connectivity index is 2.12. The van der Waals surface area contributed by atoms with Gasteiger partial charge in [-0.2, -0.15) is 0 Å². The van der Waals surface area contributed by atoms with Gasteiger partial charge < -0.3 is 10.2 Å². The number of nitrogens with zero attached hydrogens (tertiary/aromatic N) is 1. The van der Waals surface area contributed by atoms with Crippen molar-refractivity contribution >= 4 is 11.6 Å². The monoisotopic (exact) mass is 282 g/mol. The Morgan fingerprint density at radius 2 is 1.86 bits per heavy atom. The molecule has 2 rings (SSSR count). The van der Waals surface area contributed by atoms with Crippen LogP contribution in [0.15, 0.2) is 42.5 Å². The Bertz CT molecular complexity index is 647. The highest BCUT2D eigenvalue weighted by atomic mass is 16.2. The largest absolute Gasteiger partial charge is 0.381 e. The molecule has 0 aromatic heterocycles. The van der Waals surface area contributed by atoms with Crippen LogP contribution in [0, 0.1) is 13.8 Å². The number of amides is 1. The second-order valence-corrected chi connectivity index (χ2v) is 5.56. The van der Waals surface area contributed by atoms with Gasteiger partial charge in [0, 0.05) is 31.9 Å². The van der Waals surface area contributed by atoms with Crippen LogP contribution in [0.25, 0.3) is 0 Å². The fourth-order valence-corrected chi connectivity index (χ4v) is 2.21. The quantitative estimate of drug-likeness (QED) is 0.929. The third-order valence-corrected chi connectivity index (χ3v) is 3.50. The number of anilines is 1. The van der Waals surface area contributed by atoms with E-state index in [1.54, 1.807) is 19.0 Å². The van der Waals surface area contributed by atoms with Gasteiger partial charge in [0.1, 0.15) is 0 Å². The first kappa shape index (κ1) is 15.1. The van der Waals surface area contributed by atoms with E-state index < -0.39 is 0 Å². The molecule has 0 radical (unpaired) electrons. The zero-order valence-corrected chi connectivity index (χ0v) is 13.1. The Kier molecular flexibility index (Phi) is 4.63. The van der Waals surface area contributed by atoms with Crippen molar-refractivity contribution in [3.05, 3.63) is 64.7 Å². The number of nitrogens with one attached hydrogen (secondary N) is 1. The highest BCUT2D eigenvalue weighted by Gasteiger charge is 2.08. The van der Waals surface area contributed by atoms with E-state index in [1.165, 1.54) is 16.7 Å². The number of hydrogen-bond donors (Lipinski definition) is 1. The third-order valence-electron chi connectivity index (χ3n) is 3.50. The van der Waals surface area contributed by atoms with E-state index in [1.807, 2.05) is 24.3 Å². The predicted molar refractivity (Wildman–Crippen MR) is 87.7 cm³/mol. The van der Waals surface area contributed by atoms with Crippen LogP contribution in [-0.4, -0.2) is 24.9 Å². The zero-order valence-electron chi connectivity index (χ0n) is 13.1. The first-order valence-electron chi connectivity index (χ1n) is 7.09. The van der Waals surface area contributed by atoms with E-state index in [0.29, 0.717) is 5.56 Å². The molecule has 3 nitrogen and oxygen atoms in total. The van der Waals surface area contributed by atoms with Gasteiger partial charge in [0.05, 0.1) is 0 Å². The van der Waals surface area contributed by atoms with Crippen LogP contribution >= 0.6 is 0 Å². The fourth-order valence-electron chi connectivity index (χ4n) is 2.21. The molecule has 3 heteroatoms. The first-order chi connectivity index (χ1) is 9.97. The van der Waals surface area contributed by atoms with Crippen LogP contribution in [0.2, 0.25) is 0 Å². The van der Waals surface area contributed by atoms with Crippen molar-refractivity contribution in [3.8, 4) is 0 Å². The van der Waals surface area contributed by atoms with Crippen LogP contribution in [0.1, 0.15) is 27.0 Å². The molecule has 0 aliphatic heterocycles. The summed E-state index contributed by atoms with van der Waals surface area (Å²) in [6.07, 6.45) is 0. The molecule has 0 aliphatic rings. The van der Waals surface area contributed by atoms with E-state index in [9.17, 15) is 4.79 Å². The molecule has 0 saturated carbocycles. The topological polar surface area (TPSA) is 32.3 Å². The highest BCUT2D eigenvalue weighted by molar-refractivity contribution is 5.94. The lowest BCUT2D eigenvalue weighted by atomic mass is 10.1. The van der Waals surface area contributed by atoms with Gasteiger partial charge in [0.2, 0.25) is 0 Å². The van der Waals surface area contributed by atoms with Gasteiger partial charge in [0.25, 0.3) is 5.91 Å². The molecule has 0 aliphatic carbocycles. The number of hydrogen-bond acceptors (Lipinski definition) is 2. The first-order valence-corrected chi connectivity index (χ1v) is 7.09. The van der Waals surface area contributed by atoms with Gasteiger partial charge in [-0.05, 0) is 43.2 Å². The minimum absolute atomic E-state index is 0.0189. The normalized spacial score (nSPS) is 10.3. The molecule has 21 heavy (non-hydrogen) atoms. The fraction of sp³-hybridized carbons (Fsp3) is 0.278. The Hall–Kier alpha value is -2.29. The van der Waals surface area contributed by atoms with Crippen LogP contribution in [0.3, 0.4) is 0 Å². The van der Waals surface area contributed by atoms with Crippen molar-refractivity contribution in [2.24, 2.45) is 0 Å². The number of aryl methyl sites for hydroxylation is 2. The summed E-state index contributed by atoms with van der Waals surface area (Å²) in [6.45, 7) is 4.97. The Morgan fingerprint density at radius 3 is 2.57 bits per heavy atom. The second-order valence-electron chi connectivity index (χ2n) is 5.56. The summed E-state index contributed by atoms with van der Waals surface area (Å²) in [5.74, 6) is 0.0189. The van der Waals surface area contributed by atoms with Gasteiger partial charge in [-0.1, -0.05) is 29.8 Å². The number of rotatable bonds is 4. The van der Waals surface area contributed by atoms with Crippen molar-refractivity contribution < 1.29 is 4.79 Å². The minimum atomic E-state index is 0.0189. The molecule has 2 aromatic rings. The maximum atomic E-state index is 12.0. The standard InChI is InChI=1S/C18H22N2O/c1-13-8-9-14(2)16(10-13)12-19-17-7-5-6-15(11-17)18(21)20(3)4/h5-11,19H,12H2,1-4H3. The molecule has 0 atom stereocenters. The summed E-state index contributed by atoms with van der Waals surface area (Å²) in [5, 5.41) is 3.39. The Labute approximate surface area is 126 Å². The van der Waals surface area contributed by atoms with E-state index in [4.69, 9.17) is 0 Å². The lowest BCUT2D eigenvalue weighted by Crippen LogP contribution is -2.21. The van der Waals surface area contributed by atoms with Gasteiger partial charge >= 0.3 is 0 Å². The molecular weight excluding hydrogens is 260 g/mol. The van der Waals surface area contributed by atoms with Gasteiger partial charge in [0.15, 0.2) is 0 Å². The SMILES string of the molecule is Cc1ccc(C)c(CNc2cccc(C(=O)N(C)C)c2)c1. The predicted octanol–water partition coefficient (Wildman–Crippen LogP) is 3.62. The average molecular weight is 282 g/mol. The molecule has 2 aromatic carbocycles. The molecule has 0 heterocycles. The molecule has 110 valence electrons. The molecule has 1 N–H and O–H groups in total. The molecule has 1 amide bonds. The number of benzene rings is 2. The molecule has 0 fully saturated rings. The molecule has 0 unspecified atom stereocenters. The second kappa shape index (κ2) is 6.44. The van der Waals surface area contributed by atoms with Crippen LogP contribution in [0.5, 0.6) is 0 Å². The maximum absolute atomic E-state index is 12.0. The lowest BCUT2D eigenvalue weighted by molar-refractivity contribution is 0.0827. The summed E-state index contributed by atoms with van der Waals surface area (Å²) in [7, 11) is 3.52. The van der Waals surface area contributed by atoms with Gasteiger partial charge in [-0.15, -0.1) is 0 Å².